The number of oxazole rings is 1. The first-order chi connectivity index (χ1) is 8.83. The second kappa shape index (κ2) is 5.41. The maximum atomic E-state index is 5.78. The highest BCUT2D eigenvalue weighted by Gasteiger charge is 2.28. The van der Waals surface area contributed by atoms with Gasteiger partial charge in [-0.05, 0) is 44.7 Å². The molecule has 18 heavy (non-hydrogen) atoms. The van der Waals surface area contributed by atoms with Crippen molar-refractivity contribution in [3.05, 3.63) is 17.8 Å². The Morgan fingerprint density at radius 2 is 2.17 bits per heavy atom. The van der Waals surface area contributed by atoms with Crippen LogP contribution in [0.15, 0.2) is 10.6 Å². The number of hydrogen-bond donors (Lipinski definition) is 2. The van der Waals surface area contributed by atoms with E-state index in [-0.39, 0.29) is 0 Å². The van der Waals surface area contributed by atoms with Gasteiger partial charge < -0.3 is 15.1 Å². The summed E-state index contributed by atoms with van der Waals surface area (Å²) in [6.45, 7) is 5.41. The zero-order chi connectivity index (χ0) is 12.4. The van der Waals surface area contributed by atoms with Crippen LogP contribution in [0.5, 0.6) is 0 Å². The molecule has 0 amide bonds. The fraction of sp³-hybridized carbons (Fsp3) is 0.786. The van der Waals surface area contributed by atoms with Crippen LogP contribution in [0.1, 0.15) is 50.2 Å². The summed E-state index contributed by atoms with van der Waals surface area (Å²) in [7, 11) is 0. The van der Waals surface area contributed by atoms with Crippen LogP contribution in [0, 0.1) is 5.92 Å². The SMILES string of the molecule is CC1CCNCCC1NCc1cnc(C2CC2)o1. The van der Waals surface area contributed by atoms with E-state index in [9.17, 15) is 0 Å². The van der Waals surface area contributed by atoms with Gasteiger partial charge in [-0.25, -0.2) is 4.98 Å². The monoisotopic (exact) mass is 249 g/mol. The zero-order valence-electron chi connectivity index (χ0n) is 11.1. The molecule has 1 aromatic heterocycles. The lowest BCUT2D eigenvalue weighted by atomic mass is 9.97. The molecule has 2 aliphatic rings. The van der Waals surface area contributed by atoms with Crippen LogP contribution in [0.4, 0.5) is 0 Å². The van der Waals surface area contributed by atoms with Gasteiger partial charge in [0, 0.05) is 12.0 Å². The van der Waals surface area contributed by atoms with Crippen LogP contribution in [-0.2, 0) is 6.54 Å². The Morgan fingerprint density at radius 3 is 3.00 bits per heavy atom. The summed E-state index contributed by atoms with van der Waals surface area (Å²) in [4.78, 5) is 4.36. The van der Waals surface area contributed by atoms with Gasteiger partial charge in [0.25, 0.3) is 0 Å². The smallest absolute Gasteiger partial charge is 0.197 e. The molecule has 2 atom stereocenters. The molecule has 0 bridgehead atoms. The Bertz CT molecular complexity index is 386. The van der Waals surface area contributed by atoms with Gasteiger partial charge >= 0.3 is 0 Å². The fourth-order valence-electron chi connectivity index (χ4n) is 2.66. The van der Waals surface area contributed by atoms with Crippen LogP contribution < -0.4 is 10.6 Å². The molecular weight excluding hydrogens is 226 g/mol. The molecule has 2 unspecified atom stereocenters. The average Bonchev–Trinajstić information content (AvgIpc) is 3.15. The van der Waals surface area contributed by atoms with E-state index >= 15 is 0 Å². The first-order valence-electron chi connectivity index (χ1n) is 7.21. The third-order valence-electron chi connectivity index (χ3n) is 4.13. The first-order valence-corrected chi connectivity index (χ1v) is 7.21. The van der Waals surface area contributed by atoms with E-state index < -0.39 is 0 Å². The van der Waals surface area contributed by atoms with Crippen molar-refractivity contribution in [1.82, 2.24) is 15.6 Å². The molecule has 1 saturated heterocycles. The lowest BCUT2D eigenvalue weighted by molar-refractivity contribution is 0.344. The normalized spacial score (nSPS) is 29.2. The summed E-state index contributed by atoms with van der Waals surface area (Å²) >= 11 is 0. The second-order valence-corrected chi connectivity index (χ2v) is 5.73. The van der Waals surface area contributed by atoms with Crippen molar-refractivity contribution in [1.29, 1.82) is 0 Å². The highest BCUT2D eigenvalue weighted by atomic mass is 16.4. The zero-order valence-corrected chi connectivity index (χ0v) is 11.1. The molecule has 100 valence electrons. The van der Waals surface area contributed by atoms with Gasteiger partial charge in [-0.3, -0.25) is 0 Å². The first kappa shape index (κ1) is 12.2. The third kappa shape index (κ3) is 2.93. The summed E-state index contributed by atoms with van der Waals surface area (Å²) in [6, 6.07) is 0.592. The molecule has 1 saturated carbocycles. The summed E-state index contributed by atoms with van der Waals surface area (Å²) < 4.78 is 5.78. The Balaban J connectivity index is 1.52. The molecule has 0 spiro atoms. The maximum absolute atomic E-state index is 5.78. The molecule has 2 fully saturated rings. The van der Waals surface area contributed by atoms with Crippen LogP contribution in [0.3, 0.4) is 0 Å². The molecule has 4 heteroatoms. The van der Waals surface area contributed by atoms with Crippen molar-refractivity contribution in [2.45, 2.75) is 51.1 Å². The highest BCUT2D eigenvalue weighted by molar-refractivity contribution is 5.04. The molecule has 2 N–H and O–H groups in total. The predicted octanol–water partition coefficient (Wildman–Crippen LogP) is 2.03. The number of rotatable bonds is 4. The van der Waals surface area contributed by atoms with Gasteiger partial charge in [0.1, 0.15) is 5.76 Å². The molecule has 0 radical (unpaired) electrons. The Hall–Kier alpha value is -0.870. The van der Waals surface area contributed by atoms with E-state index in [4.69, 9.17) is 4.42 Å². The lowest BCUT2D eigenvalue weighted by Gasteiger charge is -2.21. The molecule has 1 aliphatic heterocycles. The molecule has 1 aliphatic carbocycles. The van der Waals surface area contributed by atoms with E-state index in [2.05, 4.69) is 22.5 Å². The fourth-order valence-corrected chi connectivity index (χ4v) is 2.66. The molecular formula is C14H23N3O. The van der Waals surface area contributed by atoms with Crippen molar-refractivity contribution < 1.29 is 4.42 Å². The van der Waals surface area contributed by atoms with Gasteiger partial charge in [0.15, 0.2) is 5.89 Å². The van der Waals surface area contributed by atoms with Gasteiger partial charge in [-0.15, -0.1) is 0 Å². The van der Waals surface area contributed by atoms with Crippen molar-refractivity contribution in [3.8, 4) is 0 Å². The van der Waals surface area contributed by atoms with E-state index in [1.54, 1.807) is 0 Å². The molecule has 3 rings (SSSR count). The van der Waals surface area contributed by atoms with Crippen molar-refractivity contribution in [2.75, 3.05) is 13.1 Å². The minimum absolute atomic E-state index is 0.592. The van der Waals surface area contributed by atoms with Crippen LogP contribution in [0.25, 0.3) is 0 Å². The summed E-state index contributed by atoms with van der Waals surface area (Å²) in [5.41, 5.74) is 0. The standard InChI is InChI=1S/C14H23N3O/c1-10-4-6-15-7-5-13(10)16-8-12-9-17-14(18-12)11-2-3-11/h9-11,13,15-16H,2-8H2,1H3. The maximum Gasteiger partial charge on any atom is 0.197 e. The van der Waals surface area contributed by atoms with E-state index in [0.29, 0.717) is 12.0 Å². The molecule has 2 heterocycles. The number of aromatic nitrogens is 1. The average molecular weight is 249 g/mol. The van der Waals surface area contributed by atoms with Gasteiger partial charge in [-0.1, -0.05) is 6.92 Å². The Morgan fingerprint density at radius 1 is 1.33 bits per heavy atom. The van der Waals surface area contributed by atoms with Gasteiger partial charge in [0.05, 0.1) is 12.7 Å². The van der Waals surface area contributed by atoms with Crippen molar-refractivity contribution >= 4 is 0 Å². The second-order valence-electron chi connectivity index (χ2n) is 5.73. The van der Waals surface area contributed by atoms with Crippen molar-refractivity contribution in [2.24, 2.45) is 5.92 Å². The van der Waals surface area contributed by atoms with E-state index in [1.165, 1.54) is 25.7 Å². The molecule has 1 aromatic rings. The summed E-state index contributed by atoms with van der Waals surface area (Å²) in [5, 5.41) is 7.08. The van der Waals surface area contributed by atoms with E-state index in [1.807, 2.05) is 6.20 Å². The largest absolute Gasteiger partial charge is 0.444 e. The molecule has 4 nitrogen and oxygen atoms in total. The van der Waals surface area contributed by atoms with E-state index in [0.717, 1.165) is 37.2 Å². The molecule has 0 aromatic carbocycles. The Labute approximate surface area is 109 Å². The Kier molecular flexibility index (Phi) is 3.66. The minimum atomic E-state index is 0.592. The van der Waals surface area contributed by atoms with Gasteiger partial charge in [0.2, 0.25) is 0 Å². The van der Waals surface area contributed by atoms with Crippen LogP contribution in [-0.4, -0.2) is 24.1 Å². The third-order valence-corrected chi connectivity index (χ3v) is 4.13. The summed E-state index contributed by atoms with van der Waals surface area (Å²) in [5.74, 6) is 3.27. The number of nitrogens with zero attached hydrogens (tertiary/aromatic N) is 1. The minimum Gasteiger partial charge on any atom is -0.444 e. The van der Waals surface area contributed by atoms with Crippen LogP contribution in [0.2, 0.25) is 0 Å². The number of nitrogens with one attached hydrogen (secondary N) is 2. The summed E-state index contributed by atoms with van der Waals surface area (Å²) in [6.07, 6.45) is 6.84. The van der Waals surface area contributed by atoms with Crippen LogP contribution >= 0.6 is 0 Å². The quantitative estimate of drug-likeness (QED) is 0.857. The predicted molar refractivity (Wildman–Crippen MR) is 70.4 cm³/mol. The lowest BCUT2D eigenvalue weighted by Crippen LogP contribution is -2.34. The van der Waals surface area contributed by atoms with Crippen molar-refractivity contribution in [3.63, 3.8) is 0 Å². The van der Waals surface area contributed by atoms with Gasteiger partial charge in [-0.2, -0.15) is 0 Å². The highest BCUT2D eigenvalue weighted by Crippen LogP contribution is 2.39. The number of hydrogen-bond acceptors (Lipinski definition) is 4. The topological polar surface area (TPSA) is 50.1 Å².